The van der Waals surface area contributed by atoms with Crippen LogP contribution in [0.1, 0.15) is 12.1 Å². The lowest BCUT2D eigenvalue weighted by atomic mass is 9.99. The molecule has 3 rings (SSSR count). The summed E-state index contributed by atoms with van der Waals surface area (Å²) in [5.74, 6) is -3.28. The van der Waals surface area contributed by atoms with Crippen molar-refractivity contribution in [3.8, 4) is 0 Å². The average molecular weight is 403 g/mol. The van der Waals surface area contributed by atoms with Crippen LogP contribution in [0.3, 0.4) is 0 Å². The second-order valence-electron chi connectivity index (χ2n) is 6.69. The van der Waals surface area contributed by atoms with Crippen molar-refractivity contribution in [2.75, 3.05) is 20.1 Å². The van der Waals surface area contributed by atoms with E-state index in [9.17, 15) is 13.6 Å². The van der Waals surface area contributed by atoms with Gasteiger partial charge in [0.2, 0.25) is 0 Å². The van der Waals surface area contributed by atoms with Crippen molar-refractivity contribution in [1.82, 2.24) is 20.9 Å². The van der Waals surface area contributed by atoms with E-state index in [0.717, 1.165) is 5.69 Å². The van der Waals surface area contributed by atoms with Gasteiger partial charge in [-0.1, -0.05) is 6.07 Å². The van der Waals surface area contributed by atoms with Crippen molar-refractivity contribution < 1.29 is 18.3 Å². The maximum Gasteiger partial charge on any atom is 0.280 e. The van der Waals surface area contributed by atoms with E-state index < -0.39 is 24.4 Å². The molecule has 1 amide bonds. The summed E-state index contributed by atoms with van der Waals surface area (Å²) in [5, 5.41) is 15.9. The van der Waals surface area contributed by atoms with E-state index in [4.69, 9.17) is 10.1 Å². The van der Waals surface area contributed by atoms with Gasteiger partial charge in [-0.3, -0.25) is 9.78 Å². The molecule has 1 atom stereocenters. The third-order valence-corrected chi connectivity index (χ3v) is 4.64. The van der Waals surface area contributed by atoms with E-state index in [2.05, 4.69) is 20.9 Å². The van der Waals surface area contributed by atoms with Gasteiger partial charge in [0, 0.05) is 18.8 Å². The van der Waals surface area contributed by atoms with Crippen molar-refractivity contribution in [2.24, 2.45) is 0 Å². The first-order valence-corrected chi connectivity index (χ1v) is 9.23. The van der Waals surface area contributed by atoms with Crippen LogP contribution in [0.5, 0.6) is 0 Å². The number of pyridine rings is 1. The number of hydrogen-bond donors (Lipinski definition) is 4. The number of carbonyl (C=O) groups excluding carboxylic acids is 1. The maximum atomic E-state index is 14.0. The first-order valence-electron chi connectivity index (χ1n) is 9.23. The van der Waals surface area contributed by atoms with Crippen molar-refractivity contribution in [1.29, 1.82) is 5.41 Å². The molecule has 1 aliphatic carbocycles. The van der Waals surface area contributed by atoms with Gasteiger partial charge in [0.15, 0.2) is 0 Å². The Hall–Kier alpha value is -3.07. The molecule has 1 aromatic heterocycles. The van der Waals surface area contributed by atoms with E-state index in [1.807, 2.05) is 12.1 Å². The number of piperidine rings is 1. The molecule has 0 saturated carbocycles. The smallest absolute Gasteiger partial charge is 0.280 e. The number of halogens is 2. The molecule has 7 nitrogen and oxygen atoms in total. The average Bonchev–Trinajstić information content (AvgIpc) is 2.71. The minimum atomic E-state index is -3.04. The first kappa shape index (κ1) is 20.7. The Morgan fingerprint density at radius 2 is 2.24 bits per heavy atom. The zero-order valence-corrected chi connectivity index (χ0v) is 16.0. The molecule has 154 valence electrons. The molecule has 1 fully saturated rings. The fourth-order valence-electron chi connectivity index (χ4n) is 3.08. The molecular weight excluding hydrogens is 380 g/mol. The van der Waals surface area contributed by atoms with E-state index in [-0.39, 0.29) is 30.0 Å². The lowest BCUT2D eigenvalue weighted by molar-refractivity contribution is -0.123. The maximum absolute atomic E-state index is 14.0. The SMILES string of the molecule is CN/C(C(=O)NC1CCNCC1(F)F)=C1/C=C(OCc2ccccn2)C=CC1=N. The minimum absolute atomic E-state index is 0.0348. The second-order valence-corrected chi connectivity index (χ2v) is 6.69. The van der Waals surface area contributed by atoms with Crippen LogP contribution in [0.25, 0.3) is 0 Å². The highest BCUT2D eigenvalue weighted by Gasteiger charge is 2.42. The number of amides is 1. The fourth-order valence-corrected chi connectivity index (χ4v) is 3.08. The van der Waals surface area contributed by atoms with Crippen LogP contribution in [0.4, 0.5) is 8.78 Å². The van der Waals surface area contributed by atoms with Gasteiger partial charge in [0.1, 0.15) is 18.1 Å². The summed E-state index contributed by atoms with van der Waals surface area (Å²) in [6, 6.07) is 4.20. The molecule has 0 radical (unpaired) electrons. The highest BCUT2D eigenvalue weighted by molar-refractivity contribution is 6.14. The number of nitrogens with one attached hydrogen (secondary N) is 4. The van der Waals surface area contributed by atoms with Crippen LogP contribution in [-0.2, 0) is 16.1 Å². The van der Waals surface area contributed by atoms with Gasteiger partial charge < -0.3 is 26.1 Å². The summed E-state index contributed by atoms with van der Waals surface area (Å²) in [6.45, 7) is 0.142. The third-order valence-electron chi connectivity index (χ3n) is 4.64. The Bertz CT molecular complexity index is 865. The molecule has 0 aromatic carbocycles. The number of rotatable bonds is 6. The molecule has 4 N–H and O–H groups in total. The number of aromatic nitrogens is 1. The van der Waals surface area contributed by atoms with Crippen molar-refractivity contribution >= 4 is 11.6 Å². The van der Waals surface area contributed by atoms with Crippen LogP contribution in [0.2, 0.25) is 0 Å². The van der Waals surface area contributed by atoms with Crippen molar-refractivity contribution in [2.45, 2.75) is 25.0 Å². The highest BCUT2D eigenvalue weighted by atomic mass is 19.3. The van der Waals surface area contributed by atoms with Crippen LogP contribution in [-0.4, -0.2) is 48.7 Å². The van der Waals surface area contributed by atoms with Crippen LogP contribution in [0, 0.1) is 5.41 Å². The molecule has 1 aromatic rings. The molecule has 29 heavy (non-hydrogen) atoms. The Morgan fingerprint density at radius 3 is 2.93 bits per heavy atom. The molecular formula is C20H23F2N5O2. The van der Waals surface area contributed by atoms with Crippen molar-refractivity contribution in [3.63, 3.8) is 0 Å². The van der Waals surface area contributed by atoms with E-state index in [1.54, 1.807) is 18.3 Å². The number of ether oxygens (including phenoxy) is 1. The third kappa shape index (κ3) is 5.05. The molecule has 2 heterocycles. The lowest BCUT2D eigenvalue weighted by Gasteiger charge is -2.32. The predicted molar refractivity (Wildman–Crippen MR) is 104 cm³/mol. The number of allylic oxidation sites excluding steroid dienone is 4. The van der Waals surface area contributed by atoms with E-state index in [0.29, 0.717) is 12.3 Å². The normalized spacial score (nSPS) is 22.5. The number of alkyl halides is 2. The van der Waals surface area contributed by atoms with Gasteiger partial charge >= 0.3 is 0 Å². The monoisotopic (exact) mass is 403 g/mol. The molecule has 1 unspecified atom stereocenters. The van der Waals surface area contributed by atoms with Crippen LogP contribution in [0.15, 0.2) is 59.7 Å². The summed E-state index contributed by atoms with van der Waals surface area (Å²) in [7, 11) is 1.51. The largest absolute Gasteiger partial charge is 0.487 e. The highest BCUT2D eigenvalue weighted by Crippen LogP contribution is 2.24. The Morgan fingerprint density at radius 1 is 1.41 bits per heavy atom. The molecule has 1 aliphatic heterocycles. The minimum Gasteiger partial charge on any atom is -0.487 e. The molecule has 1 saturated heterocycles. The lowest BCUT2D eigenvalue weighted by Crippen LogP contribution is -2.57. The number of likely N-dealkylation sites (N-methyl/N-ethyl adjacent to an activating group) is 1. The van der Waals surface area contributed by atoms with Gasteiger partial charge in [-0.05, 0) is 43.3 Å². The molecule has 0 bridgehead atoms. The van der Waals surface area contributed by atoms with Gasteiger partial charge in [0.05, 0.1) is 24.0 Å². The molecule has 9 heteroatoms. The second kappa shape index (κ2) is 8.95. The van der Waals surface area contributed by atoms with Gasteiger partial charge in [-0.25, -0.2) is 8.78 Å². The number of carbonyl (C=O) groups is 1. The van der Waals surface area contributed by atoms with E-state index in [1.165, 1.54) is 19.2 Å². The van der Waals surface area contributed by atoms with Gasteiger partial charge in [-0.15, -0.1) is 0 Å². The summed E-state index contributed by atoms with van der Waals surface area (Å²) in [6.07, 6.45) is 6.42. The first-order chi connectivity index (χ1) is 13.9. The van der Waals surface area contributed by atoms with Gasteiger partial charge in [0.25, 0.3) is 11.8 Å². The van der Waals surface area contributed by atoms with Crippen LogP contribution < -0.4 is 16.0 Å². The summed E-state index contributed by atoms with van der Waals surface area (Å²) >= 11 is 0. The summed E-state index contributed by atoms with van der Waals surface area (Å²) in [4.78, 5) is 16.8. The van der Waals surface area contributed by atoms with Crippen LogP contribution >= 0.6 is 0 Å². The fraction of sp³-hybridized carbons (Fsp3) is 0.350. The van der Waals surface area contributed by atoms with Gasteiger partial charge in [-0.2, -0.15) is 0 Å². The Kier molecular flexibility index (Phi) is 6.38. The summed E-state index contributed by atoms with van der Waals surface area (Å²) < 4.78 is 33.8. The van der Waals surface area contributed by atoms with Crippen molar-refractivity contribution in [3.05, 3.63) is 65.3 Å². The zero-order valence-electron chi connectivity index (χ0n) is 16.0. The number of nitrogens with zero attached hydrogens (tertiary/aromatic N) is 1. The molecule has 2 aliphatic rings. The van der Waals surface area contributed by atoms with E-state index >= 15 is 0 Å². The zero-order chi connectivity index (χ0) is 20.9. The quantitative estimate of drug-likeness (QED) is 0.542. The topological polar surface area (TPSA) is 99.1 Å². The Balaban J connectivity index is 1.77. The standard InChI is InChI=1S/C20H23F2N5O2/c1-24-18(19(28)27-17-7-9-25-12-20(17,21)22)15-10-14(5-6-16(15)23)29-11-13-4-2-3-8-26-13/h2-6,8,10,17,23-25H,7,9,11-12H2,1H3,(H,27,28)/b18-15-,23-16?. The molecule has 0 spiro atoms. The number of hydrogen-bond acceptors (Lipinski definition) is 6. The predicted octanol–water partition coefficient (Wildman–Crippen LogP) is 1.66. The Labute approximate surface area is 167 Å². The summed E-state index contributed by atoms with van der Waals surface area (Å²) in [5.41, 5.74) is 1.10.